The van der Waals surface area contributed by atoms with E-state index < -0.39 is 0 Å². The van der Waals surface area contributed by atoms with Crippen molar-refractivity contribution in [3.05, 3.63) is 29.8 Å². The summed E-state index contributed by atoms with van der Waals surface area (Å²) >= 11 is 0. The van der Waals surface area contributed by atoms with Gasteiger partial charge < -0.3 is 15.7 Å². The van der Waals surface area contributed by atoms with Crippen molar-refractivity contribution in [1.29, 1.82) is 0 Å². The third kappa shape index (κ3) is 1.56. The first-order valence-corrected chi connectivity index (χ1v) is 4.09. The van der Waals surface area contributed by atoms with Gasteiger partial charge in [-0.2, -0.15) is 0 Å². The number of rotatable bonds is 1. The van der Waals surface area contributed by atoms with Gasteiger partial charge in [0.2, 0.25) is 0 Å². The maximum Gasteiger partial charge on any atom is 0.315 e. The van der Waals surface area contributed by atoms with Crippen LogP contribution < -0.4 is 10.6 Å². The Morgan fingerprint density at radius 2 is 2.00 bits per heavy atom. The summed E-state index contributed by atoms with van der Waals surface area (Å²) in [4.78, 5) is 10.8. The van der Waals surface area contributed by atoms with Crippen molar-refractivity contribution in [2.75, 3.05) is 6.54 Å². The minimum atomic E-state index is -0.141. The zero-order valence-electron chi connectivity index (χ0n) is 6.95. The second-order valence-corrected chi connectivity index (χ2v) is 3.00. The van der Waals surface area contributed by atoms with E-state index in [1.807, 2.05) is 0 Å². The molecule has 0 radical (unpaired) electrons. The SMILES string of the molecule is O=C1NC[C@H](c2ccc(O)cc2)N1. The van der Waals surface area contributed by atoms with Crippen molar-refractivity contribution >= 4 is 6.03 Å². The molecule has 4 nitrogen and oxygen atoms in total. The lowest BCUT2D eigenvalue weighted by molar-refractivity contribution is 0.247. The van der Waals surface area contributed by atoms with Crippen molar-refractivity contribution in [2.24, 2.45) is 0 Å². The molecule has 1 aliphatic rings. The lowest BCUT2D eigenvalue weighted by Crippen LogP contribution is -2.21. The Hall–Kier alpha value is -1.71. The monoisotopic (exact) mass is 178 g/mol. The average Bonchev–Trinajstić information content (AvgIpc) is 2.53. The quantitative estimate of drug-likeness (QED) is 0.594. The number of phenols is 1. The Bertz CT molecular complexity index is 321. The van der Waals surface area contributed by atoms with E-state index in [-0.39, 0.29) is 17.8 Å². The third-order valence-corrected chi connectivity index (χ3v) is 2.07. The topological polar surface area (TPSA) is 61.4 Å². The van der Waals surface area contributed by atoms with Crippen LogP contribution in [0.25, 0.3) is 0 Å². The summed E-state index contributed by atoms with van der Waals surface area (Å²) in [5.74, 6) is 0.237. The molecule has 0 bridgehead atoms. The molecule has 3 N–H and O–H groups in total. The van der Waals surface area contributed by atoms with Crippen molar-refractivity contribution in [2.45, 2.75) is 6.04 Å². The molecule has 0 saturated carbocycles. The molecule has 1 heterocycles. The van der Waals surface area contributed by atoms with Gasteiger partial charge >= 0.3 is 6.03 Å². The molecule has 0 spiro atoms. The number of carbonyl (C=O) groups is 1. The fraction of sp³-hybridized carbons (Fsp3) is 0.222. The van der Waals surface area contributed by atoms with Gasteiger partial charge in [0.25, 0.3) is 0 Å². The fourth-order valence-corrected chi connectivity index (χ4v) is 1.36. The lowest BCUT2D eigenvalue weighted by Gasteiger charge is -2.07. The maximum atomic E-state index is 10.8. The summed E-state index contributed by atoms with van der Waals surface area (Å²) in [6, 6.07) is 6.70. The van der Waals surface area contributed by atoms with Crippen molar-refractivity contribution in [3.8, 4) is 5.75 Å². The smallest absolute Gasteiger partial charge is 0.315 e. The summed E-state index contributed by atoms with van der Waals surface area (Å²) in [7, 11) is 0. The molecule has 0 aromatic heterocycles. The average molecular weight is 178 g/mol. The molecule has 1 atom stereocenters. The molecule has 1 aromatic carbocycles. The molecule has 1 aromatic rings. The van der Waals surface area contributed by atoms with Gasteiger partial charge in [0.1, 0.15) is 5.75 Å². The third-order valence-electron chi connectivity index (χ3n) is 2.07. The van der Waals surface area contributed by atoms with Crippen LogP contribution in [-0.4, -0.2) is 17.7 Å². The van der Waals surface area contributed by atoms with Crippen LogP contribution in [0, 0.1) is 0 Å². The summed E-state index contributed by atoms with van der Waals surface area (Å²) < 4.78 is 0. The van der Waals surface area contributed by atoms with Gasteiger partial charge in [-0.3, -0.25) is 0 Å². The van der Waals surface area contributed by atoms with Crippen LogP contribution in [0.5, 0.6) is 5.75 Å². The Labute approximate surface area is 75.6 Å². The van der Waals surface area contributed by atoms with E-state index in [2.05, 4.69) is 10.6 Å². The Morgan fingerprint density at radius 3 is 2.54 bits per heavy atom. The van der Waals surface area contributed by atoms with Gasteiger partial charge in [-0.25, -0.2) is 4.79 Å². The largest absolute Gasteiger partial charge is 0.508 e. The minimum Gasteiger partial charge on any atom is -0.508 e. The summed E-state index contributed by atoms with van der Waals surface area (Å²) in [6.45, 7) is 0.601. The highest BCUT2D eigenvalue weighted by Crippen LogP contribution is 2.17. The van der Waals surface area contributed by atoms with E-state index >= 15 is 0 Å². The van der Waals surface area contributed by atoms with Crippen LogP contribution in [0.2, 0.25) is 0 Å². The van der Waals surface area contributed by atoms with Gasteiger partial charge in [0.05, 0.1) is 6.04 Å². The predicted molar refractivity (Wildman–Crippen MR) is 47.4 cm³/mol. The van der Waals surface area contributed by atoms with Gasteiger partial charge in [0, 0.05) is 6.54 Å². The second kappa shape index (κ2) is 2.97. The van der Waals surface area contributed by atoms with E-state index in [9.17, 15) is 4.79 Å². The van der Waals surface area contributed by atoms with Crippen molar-refractivity contribution in [3.63, 3.8) is 0 Å². The summed E-state index contributed by atoms with van der Waals surface area (Å²) in [6.07, 6.45) is 0. The molecule has 1 fully saturated rings. The zero-order valence-corrected chi connectivity index (χ0v) is 6.95. The van der Waals surface area contributed by atoms with Crippen molar-refractivity contribution < 1.29 is 9.90 Å². The molecule has 1 saturated heterocycles. The van der Waals surface area contributed by atoms with E-state index in [1.54, 1.807) is 24.3 Å². The Kier molecular flexibility index (Phi) is 1.81. The summed E-state index contributed by atoms with van der Waals surface area (Å²) in [5.41, 5.74) is 0.996. The van der Waals surface area contributed by atoms with E-state index in [4.69, 9.17) is 5.11 Å². The number of urea groups is 1. The van der Waals surface area contributed by atoms with Gasteiger partial charge in [-0.05, 0) is 17.7 Å². The van der Waals surface area contributed by atoms with Crippen LogP contribution in [0.15, 0.2) is 24.3 Å². The zero-order chi connectivity index (χ0) is 9.26. The standard InChI is InChI=1S/C9H10N2O2/c12-7-3-1-6(2-4-7)8-5-10-9(13)11-8/h1-4,8,12H,5H2,(H2,10,11,13)/t8-/m1/s1. The number of aromatic hydroxyl groups is 1. The molecule has 4 heteroatoms. The highest BCUT2D eigenvalue weighted by Gasteiger charge is 2.20. The molecule has 2 rings (SSSR count). The van der Waals surface area contributed by atoms with Crippen molar-refractivity contribution in [1.82, 2.24) is 10.6 Å². The van der Waals surface area contributed by atoms with E-state index in [0.717, 1.165) is 5.56 Å². The van der Waals surface area contributed by atoms with Gasteiger partial charge in [-0.15, -0.1) is 0 Å². The van der Waals surface area contributed by atoms with Crippen LogP contribution in [0.4, 0.5) is 4.79 Å². The molecule has 0 aliphatic carbocycles. The highest BCUT2D eigenvalue weighted by atomic mass is 16.3. The number of amides is 2. The first-order valence-electron chi connectivity index (χ1n) is 4.09. The van der Waals surface area contributed by atoms with Crippen LogP contribution in [-0.2, 0) is 0 Å². The van der Waals surface area contributed by atoms with Gasteiger partial charge in [0.15, 0.2) is 0 Å². The molecular formula is C9H10N2O2. The fourth-order valence-electron chi connectivity index (χ4n) is 1.36. The van der Waals surface area contributed by atoms with E-state index in [1.165, 1.54) is 0 Å². The molecule has 68 valence electrons. The number of benzene rings is 1. The molecule has 1 aliphatic heterocycles. The van der Waals surface area contributed by atoms with Crippen LogP contribution in [0.3, 0.4) is 0 Å². The minimum absolute atomic E-state index is 0.0214. The first-order chi connectivity index (χ1) is 6.25. The van der Waals surface area contributed by atoms with Gasteiger partial charge in [-0.1, -0.05) is 12.1 Å². The lowest BCUT2D eigenvalue weighted by atomic mass is 10.1. The highest BCUT2D eigenvalue weighted by molar-refractivity contribution is 5.76. The number of hydrogen-bond acceptors (Lipinski definition) is 2. The normalized spacial score (nSPS) is 20.9. The number of hydrogen-bond donors (Lipinski definition) is 3. The first kappa shape index (κ1) is 7.91. The molecule has 13 heavy (non-hydrogen) atoms. The molecule has 0 unspecified atom stereocenters. The maximum absolute atomic E-state index is 10.8. The van der Waals surface area contributed by atoms with Crippen LogP contribution >= 0.6 is 0 Å². The van der Waals surface area contributed by atoms with Crippen LogP contribution in [0.1, 0.15) is 11.6 Å². The number of phenolic OH excluding ortho intramolecular Hbond substituents is 1. The summed E-state index contributed by atoms with van der Waals surface area (Å²) in [5, 5.41) is 14.5. The number of nitrogens with one attached hydrogen (secondary N) is 2. The Balaban J connectivity index is 2.17. The molecular weight excluding hydrogens is 168 g/mol. The second-order valence-electron chi connectivity index (χ2n) is 3.00. The van der Waals surface area contributed by atoms with E-state index in [0.29, 0.717) is 6.54 Å². The predicted octanol–water partition coefficient (Wildman–Crippen LogP) is 0.746. The number of carbonyl (C=O) groups excluding carboxylic acids is 1. The molecule has 2 amide bonds. The Morgan fingerprint density at radius 1 is 1.31 bits per heavy atom.